The molecular weight excluding hydrogens is 278 g/mol. The van der Waals surface area contributed by atoms with Gasteiger partial charge in [-0.2, -0.15) is 4.31 Å². The monoisotopic (exact) mass is 303 g/mol. The molecule has 1 heterocycles. The van der Waals surface area contributed by atoms with Gasteiger partial charge in [-0.1, -0.05) is 19.3 Å². The summed E-state index contributed by atoms with van der Waals surface area (Å²) in [6.45, 7) is 1.73. The van der Waals surface area contributed by atoms with Gasteiger partial charge in [0.2, 0.25) is 15.9 Å². The smallest absolute Gasteiger partial charge is 0.224 e. The molecule has 0 aromatic carbocycles. The van der Waals surface area contributed by atoms with E-state index in [4.69, 9.17) is 5.73 Å². The van der Waals surface area contributed by atoms with Crippen molar-refractivity contribution >= 4 is 15.9 Å². The number of hydrogen-bond donors (Lipinski definition) is 1. The molecule has 2 aliphatic rings. The van der Waals surface area contributed by atoms with E-state index in [0.29, 0.717) is 32.6 Å². The van der Waals surface area contributed by atoms with E-state index >= 15 is 0 Å². The molecule has 0 spiro atoms. The van der Waals surface area contributed by atoms with Crippen molar-refractivity contribution in [1.29, 1.82) is 0 Å². The first-order valence-electron chi connectivity index (χ1n) is 7.32. The fraction of sp³-hybridized carbons (Fsp3) is 0.923. The number of amides is 1. The first-order chi connectivity index (χ1) is 9.30. The number of carbonyl (C=O) groups excluding carboxylic acids is 1. The molecule has 0 unspecified atom stereocenters. The molecule has 0 radical (unpaired) electrons. The Hall–Kier alpha value is -0.660. The van der Waals surface area contributed by atoms with Gasteiger partial charge in [0.15, 0.2) is 0 Å². The maximum atomic E-state index is 12.3. The molecule has 0 aromatic heterocycles. The first-order valence-corrected chi connectivity index (χ1v) is 9.17. The van der Waals surface area contributed by atoms with Gasteiger partial charge in [-0.05, 0) is 12.8 Å². The van der Waals surface area contributed by atoms with Crippen molar-refractivity contribution in [1.82, 2.24) is 9.21 Å². The lowest BCUT2D eigenvalue weighted by molar-refractivity contribution is -0.134. The number of rotatable bonds is 3. The largest absolute Gasteiger partial charge is 0.340 e. The summed E-state index contributed by atoms with van der Waals surface area (Å²) in [5.74, 6) is 0.0718. The van der Waals surface area contributed by atoms with E-state index in [-0.39, 0.29) is 11.4 Å². The summed E-state index contributed by atoms with van der Waals surface area (Å²) in [6, 6.07) is 0. The van der Waals surface area contributed by atoms with E-state index in [2.05, 4.69) is 0 Å². The highest BCUT2D eigenvalue weighted by molar-refractivity contribution is 7.88. The van der Waals surface area contributed by atoms with Crippen molar-refractivity contribution in [2.45, 2.75) is 44.1 Å². The van der Waals surface area contributed by atoms with Gasteiger partial charge in [0.25, 0.3) is 0 Å². The molecule has 2 N–H and O–H groups in total. The summed E-state index contributed by atoms with van der Waals surface area (Å²) in [5, 5.41) is 0. The van der Waals surface area contributed by atoms with Crippen LogP contribution in [-0.2, 0) is 14.8 Å². The molecule has 1 saturated heterocycles. The lowest BCUT2D eigenvalue weighted by Crippen LogP contribution is -2.53. The normalized spacial score (nSPS) is 24.6. The molecule has 1 aliphatic carbocycles. The second-order valence-electron chi connectivity index (χ2n) is 6.14. The predicted octanol–water partition coefficient (Wildman–Crippen LogP) is 0.142. The van der Waals surface area contributed by atoms with Crippen LogP contribution in [-0.4, -0.2) is 61.5 Å². The van der Waals surface area contributed by atoms with Crippen LogP contribution in [0.3, 0.4) is 0 Å². The summed E-state index contributed by atoms with van der Waals surface area (Å²) >= 11 is 0. The van der Waals surface area contributed by atoms with Crippen molar-refractivity contribution in [2.75, 3.05) is 32.4 Å². The molecule has 1 saturated carbocycles. The van der Waals surface area contributed by atoms with Crippen molar-refractivity contribution in [3.8, 4) is 0 Å². The molecule has 2 rings (SSSR count). The quantitative estimate of drug-likeness (QED) is 0.804. The minimum absolute atomic E-state index is 0.0718. The number of sulfonamides is 1. The second kappa shape index (κ2) is 5.99. The average molecular weight is 303 g/mol. The summed E-state index contributed by atoms with van der Waals surface area (Å²) in [7, 11) is -3.14. The van der Waals surface area contributed by atoms with Gasteiger partial charge >= 0.3 is 0 Å². The summed E-state index contributed by atoms with van der Waals surface area (Å²) in [4.78, 5) is 14.1. The third kappa shape index (κ3) is 3.93. The van der Waals surface area contributed by atoms with Crippen LogP contribution in [0.2, 0.25) is 0 Å². The Morgan fingerprint density at radius 2 is 1.65 bits per heavy atom. The molecule has 1 amide bonds. The third-order valence-electron chi connectivity index (χ3n) is 4.41. The van der Waals surface area contributed by atoms with Gasteiger partial charge in [-0.25, -0.2) is 8.42 Å². The number of piperazine rings is 1. The van der Waals surface area contributed by atoms with E-state index in [1.54, 1.807) is 4.90 Å². The molecule has 0 bridgehead atoms. The maximum Gasteiger partial charge on any atom is 0.224 e. The Kier molecular flexibility index (Phi) is 4.71. The number of nitrogens with zero attached hydrogens (tertiary/aromatic N) is 2. The van der Waals surface area contributed by atoms with Crippen LogP contribution in [0.1, 0.15) is 38.5 Å². The predicted molar refractivity (Wildman–Crippen MR) is 77.6 cm³/mol. The highest BCUT2D eigenvalue weighted by atomic mass is 32.2. The van der Waals surface area contributed by atoms with Crippen molar-refractivity contribution < 1.29 is 13.2 Å². The fourth-order valence-electron chi connectivity index (χ4n) is 3.11. The van der Waals surface area contributed by atoms with Crippen molar-refractivity contribution in [3.63, 3.8) is 0 Å². The number of hydrogen-bond acceptors (Lipinski definition) is 4. The third-order valence-corrected chi connectivity index (χ3v) is 5.72. The van der Waals surface area contributed by atoms with Crippen molar-refractivity contribution in [3.05, 3.63) is 0 Å². The Bertz CT molecular complexity index is 449. The van der Waals surface area contributed by atoms with E-state index < -0.39 is 10.0 Å². The van der Waals surface area contributed by atoms with Crippen LogP contribution < -0.4 is 5.73 Å². The van der Waals surface area contributed by atoms with Crippen molar-refractivity contribution in [2.24, 2.45) is 5.73 Å². The Morgan fingerprint density at radius 3 is 2.15 bits per heavy atom. The van der Waals surface area contributed by atoms with Crippen LogP contribution >= 0.6 is 0 Å². The van der Waals surface area contributed by atoms with Crippen LogP contribution in [0.25, 0.3) is 0 Å². The van der Waals surface area contributed by atoms with Crippen LogP contribution in [0.5, 0.6) is 0 Å². The minimum Gasteiger partial charge on any atom is -0.340 e. The summed E-state index contributed by atoms with van der Waals surface area (Å²) in [6.07, 6.45) is 6.86. The van der Waals surface area contributed by atoms with Crippen LogP contribution in [0.15, 0.2) is 0 Å². The number of nitrogens with two attached hydrogens (primary N) is 1. The van der Waals surface area contributed by atoms with Gasteiger partial charge < -0.3 is 10.6 Å². The lowest BCUT2D eigenvalue weighted by Gasteiger charge is -2.37. The molecule has 20 heavy (non-hydrogen) atoms. The fourth-order valence-corrected chi connectivity index (χ4v) is 3.94. The molecule has 2 fully saturated rings. The topological polar surface area (TPSA) is 83.7 Å². The molecule has 1 aliphatic heterocycles. The van der Waals surface area contributed by atoms with Crippen LogP contribution in [0, 0.1) is 0 Å². The van der Waals surface area contributed by atoms with E-state index in [1.165, 1.54) is 17.0 Å². The Labute approximate surface area is 121 Å². The zero-order valence-electron chi connectivity index (χ0n) is 12.2. The molecule has 0 atom stereocenters. The van der Waals surface area contributed by atoms with Gasteiger partial charge in [-0.15, -0.1) is 0 Å². The molecule has 6 nitrogen and oxygen atoms in total. The SMILES string of the molecule is CS(=O)(=O)N1CCN(C(=O)CC2(N)CCCCC2)CC1. The Morgan fingerprint density at radius 1 is 1.10 bits per heavy atom. The zero-order valence-corrected chi connectivity index (χ0v) is 13.0. The van der Waals surface area contributed by atoms with E-state index in [1.807, 2.05) is 0 Å². The molecule has 116 valence electrons. The second-order valence-corrected chi connectivity index (χ2v) is 8.13. The number of carbonyl (C=O) groups is 1. The maximum absolute atomic E-state index is 12.3. The van der Waals surface area contributed by atoms with Gasteiger partial charge in [-0.3, -0.25) is 4.79 Å². The van der Waals surface area contributed by atoms with Gasteiger partial charge in [0, 0.05) is 38.1 Å². The van der Waals surface area contributed by atoms with Crippen LogP contribution in [0.4, 0.5) is 0 Å². The van der Waals surface area contributed by atoms with E-state index in [0.717, 1.165) is 25.7 Å². The Balaban J connectivity index is 1.86. The molecule has 7 heteroatoms. The first kappa shape index (κ1) is 15.7. The summed E-state index contributed by atoms with van der Waals surface area (Å²) < 4.78 is 24.3. The highest BCUT2D eigenvalue weighted by Gasteiger charge is 2.33. The summed E-state index contributed by atoms with van der Waals surface area (Å²) in [5.41, 5.74) is 5.97. The molecule has 0 aromatic rings. The van der Waals surface area contributed by atoms with Gasteiger partial charge in [0.05, 0.1) is 6.26 Å². The lowest BCUT2D eigenvalue weighted by atomic mass is 9.80. The average Bonchev–Trinajstić information content (AvgIpc) is 2.38. The molecular formula is C13H25N3O3S. The minimum atomic E-state index is -3.14. The zero-order chi connectivity index (χ0) is 14.8. The standard InChI is InChI=1S/C13H25N3O3S/c1-20(18,19)16-9-7-15(8-10-16)12(17)11-13(14)5-3-2-4-6-13/h2-11,14H2,1H3. The van der Waals surface area contributed by atoms with Gasteiger partial charge in [0.1, 0.15) is 0 Å². The highest BCUT2D eigenvalue weighted by Crippen LogP contribution is 2.29. The van der Waals surface area contributed by atoms with E-state index in [9.17, 15) is 13.2 Å².